The van der Waals surface area contributed by atoms with Gasteiger partial charge < -0.3 is 15.2 Å². The molecule has 8 heteroatoms. The Kier molecular flexibility index (Phi) is 5.06. The van der Waals surface area contributed by atoms with Crippen LogP contribution in [-0.4, -0.2) is 33.6 Å². The largest absolute Gasteiger partial charge is 0.459 e. The van der Waals surface area contributed by atoms with Gasteiger partial charge in [0.05, 0.1) is 11.4 Å². The van der Waals surface area contributed by atoms with Crippen molar-refractivity contribution in [1.82, 2.24) is 9.55 Å². The third-order valence-electron chi connectivity index (χ3n) is 4.11. The minimum Gasteiger partial charge on any atom is -0.459 e. The van der Waals surface area contributed by atoms with Gasteiger partial charge in [0.2, 0.25) is 0 Å². The normalized spacial score (nSPS) is 22.7. The number of ether oxygens (including phenoxy) is 2. The van der Waals surface area contributed by atoms with Gasteiger partial charge in [-0.1, -0.05) is 18.2 Å². The number of hydrogen-bond donors (Lipinski definition) is 1. The molecule has 1 aliphatic rings. The van der Waals surface area contributed by atoms with Crippen LogP contribution in [0, 0.1) is 0 Å². The third kappa shape index (κ3) is 3.83. The number of nitrogens with zero attached hydrogens (tertiary/aromatic N) is 2. The van der Waals surface area contributed by atoms with Crippen molar-refractivity contribution in [2.24, 2.45) is 0 Å². The second-order valence-corrected chi connectivity index (χ2v) is 6.18. The van der Waals surface area contributed by atoms with Crippen LogP contribution < -0.4 is 11.4 Å². The van der Waals surface area contributed by atoms with Gasteiger partial charge in [-0.2, -0.15) is 4.98 Å². The maximum absolute atomic E-state index is 12.1. The van der Waals surface area contributed by atoms with Gasteiger partial charge in [0.25, 0.3) is 0 Å². The number of esters is 1. The summed E-state index contributed by atoms with van der Waals surface area (Å²) in [6.07, 6.45) is 2.13. The Morgan fingerprint density at radius 2 is 2.16 bits per heavy atom. The average Bonchev–Trinajstić information content (AvgIpc) is 3.05. The fraction of sp³-hybridized carbons (Fsp3) is 0.353. The molecule has 2 N–H and O–H groups in total. The lowest BCUT2D eigenvalue weighted by atomic mass is 10.0. The van der Waals surface area contributed by atoms with Crippen LogP contribution in [0.15, 0.2) is 47.4 Å². The summed E-state index contributed by atoms with van der Waals surface area (Å²) in [5, 5.41) is 0. The molecular formula is C17H18ClN3O4. The number of benzene rings is 1. The van der Waals surface area contributed by atoms with Crippen LogP contribution >= 0.6 is 11.6 Å². The Bertz CT molecular complexity index is 811. The Balaban J connectivity index is 1.68. The molecule has 0 bridgehead atoms. The molecule has 3 rings (SSSR count). The van der Waals surface area contributed by atoms with Crippen molar-refractivity contribution >= 4 is 23.4 Å². The van der Waals surface area contributed by atoms with Crippen LogP contribution in [0.4, 0.5) is 5.82 Å². The van der Waals surface area contributed by atoms with Gasteiger partial charge in [-0.25, -0.2) is 9.59 Å². The molecule has 1 aromatic carbocycles. The van der Waals surface area contributed by atoms with Crippen molar-refractivity contribution in [2.75, 3.05) is 18.2 Å². The zero-order valence-corrected chi connectivity index (χ0v) is 14.2. The van der Waals surface area contributed by atoms with E-state index in [4.69, 9.17) is 26.8 Å². The zero-order valence-electron chi connectivity index (χ0n) is 13.4. The van der Waals surface area contributed by atoms with E-state index in [1.807, 2.05) is 6.07 Å². The summed E-state index contributed by atoms with van der Waals surface area (Å²) in [6, 6.07) is 10.2. The predicted molar refractivity (Wildman–Crippen MR) is 92.4 cm³/mol. The van der Waals surface area contributed by atoms with Crippen LogP contribution in [0.3, 0.4) is 0 Å². The topological polar surface area (TPSA) is 96.4 Å². The number of rotatable bonds is 5. The van der Waals surface area contributed by atoms with Gasteiger partial charge >= 0.3 is 11.7 Å². The SMILES string of the molecule is Nc1ccn([C@H]2CC[C@@](CCl)(COC(=O)c3ccccc3)O2)c(=O)n1. The van der Waals surface area contributed by atoms with Gasteiger partial charge in [0.15, 0.2) is 0 Å². The summed E-state index contributed by atoms with van der Waals surface area (Å²) in [5.41, 5.74) is 4.63. The highest BCUT2D eigenvalue weighted by Gasteiger charge is 2.42. The van der Waals surface area contributed by atoms with E-state index in [-0.39, 0.29) is 18.3 Å². The van der Waals surface area contributed by atoms with Crippen LogP contribution in [0.25, 0.3) is 0 Å². The second-order valence-electron chi connectivity index (χ2n) is 5.91. The lowest BCUT2D eigenvalue weighted by Crippen LogP contribution is -2.38. The maximum atomic E-state index is 12.1. The summed E-state index contributed by atoms with van der Waals surface area (Å²) in [7, 11) is 0. The van der Waals surface area contributed by atoms with Gasteiger partial charge in [0.1, 0.15) is 24.3 Å². The first kappa shape index (κ1) is 17.4. The molecule has 1 fully saturated rings. The molecule has 1 aliphatic heterocycles. The summed E-state index contributed by atoms with van der Waals surface area (Å²) >= 11 is 6.07. The smallest absolute Gasteiger partial charge is 0.351 e. The summed E-state index contributed by atoms with van der Waals surface area (Å²) in [5.74, 6) is -0.147. The minimum absolute atomic E-state index is 0.0118. The second kappa shape index (κ2) is 7.25. The number of hydrogen-bond acceptors (Lipinski definition) is 6. The molecule has 0 unspecified atom stereocenters. The molecule has 2 atom stereocenters. The number of nitrogen functional groups attached to an aromatic ring is 1. The van der Waals surface area contributed by atoms with E-state index >= 15 is 0 Å². The van der Waals surface area contributed by atoms with Crippen molar-refractivity contribution in [1.29, 1.82) is 0 Å². The van der Waals surface area contributed by atoms with Crippen molar-refractivity contribution in [3.05, 3.63) is 58.6 Å². The first-order chi connectivity index (χ1) is 12.0. The summed E-state index contributed by atoms with van der Waals surface area (Å²) in [6.45, 7) is 0.0118. The Morgan fingerprint density at radius 1 is 1.40 bits per heavy atom. The Morgan fingerprint density at radius 3 is 2.84 bits per heavy atom. The fourth-order valence-corrected chi connectivity index (χ4v) is 3.01. The molecular weight excluding hydrogens is 346 g/mol. The highest BCUT2D eigenvalue weighted by Crippen LogP contribution is 2.37. The van der Waals surface area contributed by atoms with E-state index in [1.165, 1.54) is 16.8 Å². The van der Waals surface area contributed by atoms with Gasteiger partial charge in [-0.15, -0.1) is 11.6 Å². The molecule has 2 heterocycles. The lowest BCUT2D eigenvalue weighted by molar-refractivity contribution is -0.0902. The molecule has 1 saturated heterocycles. The summed E-state index contributed by atoms with van der Waals surface area (Å²) in [4.78, 5) is 27.7. The molecule has 0 aliphatic carbocycles. The quantitative estimate of drug-likeness (QED) is 0.644. The van der Waals surface area contributed by atoms with Crippen LogP contribution in [0.1, 0.15) is 29.4 Å². The average molecular weight is 364 g/mol. The summed E-state index contributed by atoms with van der Waals surface area (Å²) < 4.78 is 12.7. The Labute approximate surface area is 149 Å². The van der Waals surface area contributed by atoms with Gasteiger partial charge in [0, 0.05) is 6.20 Å². The van der Waals surface area contributed by atoms with Crippen LogP contribution in [0.2, 0.25) is 0 Å². The number of halogens is 1. The monoisotopic (exact) mass is 363 g/mol. The minimum atomic E-state index is -0.836. The highest BCUT2D eigenvalue weighted by atomic mass is 35.5. The number of carbonyl (C=O) groups is 1. The van der Waals surface area contributed by atoms with E-state index < -0.39 is 23.5 Å². The third-order valence-corrected chi connectivity index (χ3v) is 4.60. The Hall–Kier alpha value is -2.38. The fourth-order valence-electron chi connectivity index (χ4n) is 2.73. The molecule has 0 amide bonds. The molecule has 2 aromatic rings. The number of carbonyl (C=O) groups excluding carboxylic acids is 1. The standard InChI is InChI=1S/C17H18ClN3O4/c18-10-17(11-24-15(22)12-4-2-1-3-5-12)8-6-14(25-17)21-9-7-13(19)20-16(21)23/h1-5,7,9,14H,6,8,10-11H2,(H2,19,20,23)/t14-,17-/m1/s1. The lowest BCUT2D eigenvalue weighted by Gasteiger charge is -2.27. The highest BCUT2D eigenvalue weighted by molar-refractivity contribution is 6.18. The molecule has 25 heavy (non-hydrogen) atoms. The van der Waals surface area contributed by atoms with E-state index in [1.54, 1.807) is 24.3 Å². The first-order valence-corrected chi connectivity index (χ1v) is 8.37. The molecule has 0 saturated carbocycles. The maximum Gasteiger partial charge on any atom is 0.351 e. The van der Waals surface area contributed by atoms with Crippen molar-refractivity contribution in [2.45, 2.75) is 24.7 Å². The van der Waals surface area contributed by atoms with E-state index in [0.717, 1.165) is 0 Å². The van der Waals surface area contributed by atoms with Gasteiger partial charge in [-0.3, -0.25) is 4.57 Å². The van der Waals surface area contributed by atoms with Crippen molar-refractivity contribution in [3.8, 4) is 0 Å². The molecule has 132 valence electrons. The number of aromatic nitrogens is 2. The van der Waals surface area contributed by atoms with Crippen LogP contribution in [0.5, 0.6) is 0 Å². The molecule has 0 spiro atoms. The predicted octanol–water partition coefficient (Wildman–Crippen LogP) is 1.97. The van der Waals surface area contributed by atoms with E-state index in [2.05, 4.69) is 4.98 Å². The van der Waals surface area contributed by atoms with E-state index in [0.29, 0.717) is 18.4 Å². The van der Waals surface area contributed by atoms with Crippen LogP contribution in [-0.2, 0) is 9.47 Å². The first-order valence-electron chi connectivity index (χ1n) is 7.84. The van der Waals surface area contributed by atoms with E-state index in [9.17, 15) is 9.59 Å². The van der Waals surface area contributed by atoms with Crippen molar-refractivity contribution < 1.29 is 14.3 Å². The number of anilines is 1. The van der Waals surface area contributed by atoms with Gasteiger partial charge in [-0.05, 0) is 31.0 Å². The van der Waals surface area contributed by atoms with Crippen molar-refractivity contribution in [3.63, 3.8) is 0 Å². The number of nitrogens with two attached hydrogens (primary N) is 1. The molecule has 7 nitrogen and oxygen atoms in total. The number of alkyl halides is 1. The zero-order chi connectivity index (χ0) is 17.9. The molecule has 0 radical (unpaired) electrons. The molecule has 1 aromatic heterocycles.